The molecular weight excluding hydrogens is 316 g/mol. The highest BCUT2D eigenvalue weighted by Crippen LogP contribution is 2.35. The van der Waals surface area contributed by atoms with Crippen molar-refractivity contribution in [2.75, 3.05) is 26.7 Å². The summed E-state index contributed by atoms with van der Waals surface area (Å²) in [6.45, 7) is 5.56. The van der Waals surface area contributed by atoms with Crippen LogP contribution < -0.4 is 5.32 Å². The number of aromatic hydroxyl groups is 1. The Morgan fingerprint density at radius 3 is 2.70 bits per heavy atom. The lowest BCUT2D eigenvalue weighted by Gasteiger charge is -2.37. The van der Waals surface area contributed by atoms with Crippen molar-refractivity contribution < 1.29 is 5.11 Å². The minimum atomic E-state index is 0.322. The molecule has 1 aliphatic heterocycles. The van der Waals surface area contributed by atoms with E-state index >= 15 is 0 Å². The number of nitrogens with one attached hydrogen (secondary N) is 1. The maximum atomic E-state index is 10.1. The Morgan fingerprint density at radius 2 is 2.10 bits per heavy atom. The fourth-order valence-corrected chi connectivity index (χ4v) is 3.60. The second-order valence-corrected chi connectivity index (χ2v) is 6.58. The van der Waals surface area contributed by atoms with Crippen LogP contribution in [-0.4, -0.2) is 36.7 Å². The number of phenols is 1. The van der Waals surface area contributed by atoms with Gasteiger partial charge in [-0.1, -0.05) is 22.9 Å². The standard InChI is InChI=1S/C16H25BrN2O/c1-3-15(14-10-13(17)4-5-16(14)20)19-8-6-12(7-9-19)11-18-2/h4-5,10,12,15,18,20H,3,6-9,11H2,1-2H3. The molecule has 1 aliphatic rings. The van der Waals surface area contributed by atoms with E-state index < -0.39 is 0 Å². The maximum absolute atomic E-state index is 10.1. The highest BCUT2D eigenvalue weighted by Gasteiger charge is 2.26. The molecule has 2 N–H and O–H groups in total. The quantitative estimate of drug-likeness (QED) is 0.860. The monoisotopic (exact) mass is 340 g/mol. The zero-order valence-electron chi connectivity index (χ0n) is 12.4. The Labute approximate surface area is 130 Å². The third-order valence-corrected chi connectivity index (χ3v) is 4.81. The van der Waals surface area contributed by atoms with Gasteiger partial charge >= 0.3 is 0 Å². The molecule has 0 aliphatic carbocycles. The van der Waals surface area contributed by atoms with Crippen molar-refractivity contribution in [3.8, 4) is 5.75 Å². The molecule has 0 aromatic heterocycles. The normalized spacial score (nSPS) is 19.1. The van der Waals surface area contributed by atoms with Gasteiger partial charge in [-0.15, -0.1) is 0 Å². The summed E-state index contributed by atoms with van der Waals surface area (Å²) in [7, 11) is 2.03. The van der Waals surface area contributed by atoms with Gasteiger partial charge in [0, 0.05) is 16.1 Å². The van der Waals surface area contributed by atoms with Crippen molar-refractivity contribution in [1.82, 2.24) is 10.2 Å². The Bertz CT molecular complexity index is 430. The summed E-state index contributed by atoms with van der Waals surface area (Å²) in [5.41, 5.74) is 1.05. The molecule has 1 fully saturated rings. The number of piperidine rings is 1. The average Bonchev–Trinajstić information content (AvgIpc) is 2.45. The fourth-order valence-electron chi connectivity index (χ4n) is 3.22. The SMILES string of the molecule is CCC(c1cc(Br)ccc1O)N1CCC(CNC)CC1. The van der Waals surface area contributed by atoms with Crippen LogP contribution in [0.2, 0.25) is 0 Å². The Morgan fingerprint density at radius 1 is 1.40 bits per heavy atom. The van der Waals surface area contributed by atoms with Gasteiger partial charge in [0.05, 0.1) is 0 Å². The van der Waals surface area contributed by atoms with E-state index in [2.05, 4.69) is 39.1 Å². The van der Waals surface area contributed by atoms with Crippen molar-refractivity contribution >= 4 is 15.9 Å². The largest absolute Gasteiger partial charge is 0.508 e. The number of benzene rings is 1. The van der Waals surface area contributed by atoms with Crippen LogP contribution in [0.4, 0.5) is 0 Å². The van der Waals surface area contributed by atoms with E-state index in [4.69, 9.17) is 0 Å². The first-order valence-electron chi connectivity index (χ1n) is 7.52. The molecule has 1 saturated heterocycles. The molecule has 1 aromatic carbocycles. The topological polar surface area (TPSA) is 35.5 Å². The molecule has 0 spiro atoms. The lowest BCUT2D eigenvalue weighted by molar-refractivity contribution is 0.127. The predicted molar refractivity (Wildman–Crippen MR) is 87.1 cm³/mol. The summed E-state index contributed by atoms with van der Waals surface area (Å²) in [5, 5.41) is 13.4. The molecule has 0 amide bonds. The van der Waals surface area contributed by atoms with Crippen LogP contribution in [0, 0.1) is 5.92 Å². The van der Waals surface area contributed by atoms with Crippen LogP contribution in [0.5, 0.6) is 5.75 Å². The second-order valence-electron chi connectivity index (χ2n) is 5.66. The molecule has 1 aromatic rings. The van der Waals surface area contributed by atoms with E-state index in [-0.39, 0.29) is 0 Å². The van der Waals surface area contributed by atoms with E-state index in [1.807, 2.05) is 13.1 Å². The maximum Gasteiger partial charge on any atom is 0.120 e. The highest BCUT2D eigenvalue weighted by atomic mass is 79.9. The summed E-state index contributed by atoms with van der Waals surface area (Å²) in [6, 6.07) is 6.06. The summed E-state index contributed by atoms with van der Waals surface area (Å²) in [6.07, 6.45) is 3.51. The zero-order valence-corrected chi connectivity index (χ0v) is 14.0. The summed E-state index contributed by atoms with van der Waals surface area (Å²) in [5.74, 6) is 1.21. The summed E-state index contributed by atoms with van der Waals surface area (Å²) >= 11 is 3.51. The first kappa shape index (κ1) is 15.8. The van der Waals surface area contributed by atoms with E-state index in [0.717, 1.165) is 42.0 Å². The van der Waals surface area contributed by atoms with E-state index in [1.54, 1.807) is 6.07 Å². The zero-order chi connectivity index (χ0) is 14.5. The Kier molecular flexibility index (Phi) is 5.87. The van der Waals surface area contributed by atoms with Crippen LogP contribution in [-0.2, 0) is 0 Å². The van der Waals surface area contributed by atoms with Gasteiger partial charge in [0.1, 0.15) is 5.75 Å². The van der Waals surface area contributed by atoms with Gasteiger partial charge in [0.25, 0.3) is 0 Å². The first-order valence-corrected chi connectivity index (χ1v) is 8.32. The van der Waals surface area contributed by atoms with Gasteiger partial charge in [-0.3, -0.25) is 4.90 Å². The molecule has 20 heavy (non-hydrogen) atoms. The first-order chi connectivity index (χ1) is 9.65. The van der Waals surface area contributed by atoms with Gasteiger partial charge in [-0.25, -0.2) is 0 Å². The van der Waals surface area contributed by atoms with Gasteiger partial charge in [0.15, 0.2) is 0 Å². The summed E-state index contributed by atoms with van der Waals surface area (Å²) in [4.78, 5) is 2.52. The lowest BCUT2D eigenvalue weighted by atomic mass is 9.93. The molecule has 112 valence electrons. The van der Waals surface area contributed by atoms with Crippen molar-refractivity contribution in [2.24, 2.45) is 5.92 Å². The third-order valence-electron chi connectivity index (χ3n) is 4.32. The number of halogens is 1. The lowest BCUT2D eigenvalue weighted by Crippen LogP contribution is -2.38. The Balaban J connectivity index is 2.07. The van der Waals surface area contributed by atoms with Crippen LogP contribution in [0.1, 0.15) is 37.8 Å². The summed E-state index contributed by atoms with van der Waals surface area (Å²) < 4.78 is 1.04. The number of rotatable bonds is 5. The second kappa shape index (κ2) is 7.43. The number of nitrogens with zero attached hydrogens (tertiary/aromatic N) is 1. The molecule has 0 radical (unpaired) electrons. The van der Waals surface area contributed by atoms with Crippen molar-refractivity contribution in [3.05, 3.63) is 28.2 Å². The molecule has 0 bridgehead atoms. The number of phenolic OH excluding ortho intramolecular Hbond substituents is 1. The highest BCUT2D eigenvalue weighted by molar-refractivity contribution is 9.10. The van der Waals surface area contributed by atoms with E-state index in [0.29, 0.717) is 11.8 Å². The van der Waals surface area contributed by atoms with E-state index in [1.165, 1.54) is 12.8 Å². The van der Waals surface area contributed by atoms with Crippen LogP contribution >= 0.6 is 15.9 Å². The van der Waals surface area contributed by atoms with Gasteiger partial charge in [-0.05, 0) is 70.1 Å². The van der Waals surface area contributed by atoms with Crippen LogP contribution in [0.25, 0.3) is 0 Å². The molecule has 1 atom stereocenters. The van der Waals surface area contributed by atoms with Gasteiger partial charge < -0.3 is 10.4 Å². The van der Waals surface area contributed by atoms with Crippen LogP contribution in [0.3, 0.4) is 0 Å². The van der Waals surface area contributed by atoms with Gasteiger partial charge in [-0.2, -0.15) is 0 Å². The predicted octanol–water partition coefficient (Wildman–Crippen LogP) is 3.54. The smallest absolute Gasteiger partial charge is 0.120 e. The third kappa shape index (κ3) is 3.74. The molecular formula is C16H25BrN2O. The van der Waals surface area contributed by atoms with E-state index in [9.17, 15) is 5.11 Å². The molecule has 1 heterocycles. The van der Waals surface area contributed by atoms with Crippen LogP contribution in [0.15, 0.2) is 22.7 Å². The molecule has 4 heteroatoms. The Hall–Kier alpha value is -0.580. The van der Waals surface area contributed by atoms with Gasteiger partial charge in [0.2, 0.25) is 0 Å². The minimum absolute atomic E-state index is 0.322. The molecule has 2 rings (SSSR count). The van der Waals surface area contributed by atoms with Crippen molar-refractivity contribution in [1.29, 1.82) is 0 Å². The number of hydrogen-bond acceptors (Lipinski definition) is 3. The minimum Gasteiger partial charge on any atom is -0.508 e. The molecule has 1 unspecified atom stereocenters. The fraction of sp³-hybridized carbons (Fsp3) is 0.625. The average molecular weight is 341 g/mol. The van der Waals surface area contributed by atoms with Crippen molar-refractivity contribution in [3.63, 3.8) is 0 Å². The molecule has 0 saturated carbocycles. The molecule has 3 nitrogen and oxygen atoms in total. The van der Waals surface area contributed by atoms with Crippen molar-refractivity contribution in [2.45, 2.75) is 32.2 Å². The number of hydrogen-bond donors (Lipinski definition) is 2. The number of likely N-dealkylation sites (tertiary alicyclic amines) is 1.